The van der Waals surface area contributed by atoms with Gasteiger partial charge in [0.1, 0.15) is 0 Å². The number of halogens is 1. The van der Waals surface area contributed by atoms with Crippen LogP contribution in [0.15, 0.2) is 83.8 Å². The van der Waals surface area contributed by atoms with E-state index in [1.807, 2.05) is 42.5 Å². The predicted molar refractivity (Wildman–Crippen MR) is 121 cm³/mol. The molecule has 0 aliphatic rings. The lowest BCUT2D eigenvalue weighted by atomic mass is 9.98. The first-order valence-electron chi connectivity index (χ1n) is 9.60. The van der Waals surface area contributed by atoms with Crippen molar-refractivity contribution in [2.45, 2.75) is 10.9 Å². The van der Waals surface area contributed by atoms with Crippen molar-refractivity contribution in [3.05, 3.63) is 101 Å². The predicted octanol–water partition coefficient (Wildman–Crippen LogP) is 3.78. The number of rotatable bonds is 9. The molecule has 3 aromatic rings. The van der Waals surface area contributed by atoms with Gasteiger partial charge in [-0.3, -0.25) is 4.79 Å². The lowest BCUT2D eigenvalue weighted by molar-refractivity contribution is 0.0943. The number of benzene rings is 3. The largest absolute Gasteiger partial charge is 0.383 e. The third kappa shape index (κ3) is 6.15. The van der Waals surface area contributed by atoms with E-state index in [1.165, 1.54) is 31.4 Å². The summed E-state index contributed by atoms with van der Waals surface area (Å²) in [5.74, 6) is -0.329. The number of carbonyl (C=O) groups is 1. The first kappa shape index (κ1) is 23.0. The van der Waals surface area contributed by atoms with Gasteiger partial charge in [0.05, 0.1) is 17.5 Å². The van der Waals surface area contributed by atoms with Crippen LogP contribution < -0.4 is 10.0 Å². The zero-order valence-corrected chi connectivity index (χ0v) is 18.5. The van der Waals surface area contributed by atoms with Crippen molar-refractivity contribution < 1.29 is 17.9 Å². The summed E-state index contributed by atoms with van der Waals surface area (Å²) in [7, 11) is -2.17. The molecule has 0 bridgehead atoms. The minimum Gasteiger partial charge on any atom is -0.383 e. The first-order valence-corrected chi connectivity index (χ1v) is 11.5. The summed E-state index contributed by atoms with van der Waals surface area (Å²) in [6.07, 6.45) is 0. The van der Waals surface area contributed by atoms with Gasteiger partial charge in [0, 0.05) is 24.2 Å². The third-order valence-electron chi connectivity index (χ3n) is 4.62. The molecule has 0 aromatic heterocycles. The molecule has 0 aliphatic heterocycles. The highest BCUT2D eigenvalue weighted by Crippen LogP contribution is 2.25. The minimum absolute atomic E-state index is 0.0783. The van der Waals surface area contributed by atoms with Gasteiger partial charge in [-0.1, -0.05) is 54.1 Å². The number of hydrogen-bond acceptors (Lipinski definition) is 4. The summed E-state index contributed by atoms with van der Waals surface area (Å²) in [4.78, 5) is 13.0. The molecule has 2 N–H and O–H groups in total. The van der Waals surface area contributed by atoms with Crippen LogP contribution in [-0.4, -0.2) is 34.6 Å². The van der Waals surface area contributed by atoms with E-state index in [4.69, 9.17) is 16.3 Å². The van der Waals surface area contributed by atoms with Crippen LogP contribution in [0.1, 0.15) is 27.5 Å². The van der Waals surface area contributed by atoms with Crippen molar-refractivity contribution >= 4 is 27.5 Å². The summed E-state index contributed by atoms with van der Waals surface area (Å²) < 4.78 is 31.9. The Labute approximate surface area is 187 Å². The van der Waals surface area contributed by atoms with Crippen molar-refractivity contribution in [3.8, 4) is 0 Å². The maximum absolute atomic E-state index is 12.9. The van der Waals surface area contributed by atoms with E-state index in [0.717, 1.165) is 11.1 Å². The van der Waals surface area contributed by atoms with Crippen LogP contribution in [0.5, 0.6) is 0 Å². The van der Waals surface area contributed by atoms with Crippen molar-refractivity contribution in [1.82, 2.24) is 10.0 Å². The Morgan fingerprint density at radius 1 is 0.968 bits per heavy atom. The lowest BCUT2D eigenvalue weighted by Crippen LogP contribution is -2.29. The molecule has 0 saturated heterocycles. The summed E-state index contributed by atoms with van der Waals surface area (Å²) in [5, 5.41) is 3.59. The van der Waals surface area contributed by atoms with E-state index in [0.29, 0.717) is 10.6 Å². The molecule has 8 heteroatoms. The molecule has 0 heterocycles. The molecule has 31 heavy (non-hydrogen) atoms. The molecule has 162 valence electrons. The molecule has 1 amide bonds. The molecule has 0 spiro atoms. The van der Waals surface area contributed by atoms with Gasteiger partial charge in [0.2, 0.25) is 10.0 Å². The fourth-order valence-electron chi connectivity index (χ4n) is 3.05. The topological polar surface area (TPSA) is 84.5 Å². The SMILES string of the molecule is COCCNS(=O)(=O)c1ccc(C(=O)NC(c2ccccc2)c2cccc(Cl)c2)cc1. The van der Waals surface area contributed by atoms with Gasteiger partial charge in [-0.05, 0) is 47.5 Å². The third-order valence-corrected chi connectivity index (χ3v) is 6.33. The molecule has 0 fully saturated rings. The maximum Gasteiger partial charge on any atom is 0.252 e. The molecule has 0 aliphatic carbocycles. The summed E-state index contributed by atoms with van der Waals surface area (Å²) >= 11 is 6.15. The monoisotopic (exact) mass is 458 g/mol. The molecule has 0 radical (unpaired) electrons. The van der Waals surface area contributed by atoms with Crippen molar-refractivity contribution in [1.29, 1.82) is 0 Å². The number of amides is 1. The van der Waals surface area contributed by atoms with E-state index in [2.05, 4.69) is 10.0 Å². The Morgan fingerprint density at radius 2 is 1.65 bits per heavy atom. The molecular weight excluding hydrogens is 436 g/mol. The van der Waals surface area contributed by atoms with Crippen molar-refractivity contribution in [3.63, 3.8) is 0 Å². The minimum atomic E-state index is -3.67. The van der Waals surface area contributed by atoms with Crippen LogP contribution in [0.25, 0.3) is 0 Å². The quantitative estimate of drug-likeness (QED) is 0.478. The molecule has 1 atom stereocenters. The molecule has 0 saturated carbocycles. The van der Waals surface area contributed by atoms with Crippen LogP contribution in [-0.2, 0) is 14.8 Å². The Kier molecular flexibility index (Phi) is 7.81. The molecule has 1 unspecified atom stereocenters. The van der Waals surface area contributed by atoms with Gasteiger partial charge in [-0.2, -0.15) is 0 Å². The molecular formula is C23H23ClN2O4S. The van der Waals surface area contributed by atoms with Gasteiger partial charge in [-0.15, -0.1) is 0 Å². The number of nitrogens with one attached hydrogen (secondary N) is 2. The van der Waals surface area contributed by atoms with Crippen LogP contribution in [0.4, 0.5) is 0 Å². The Balaban J connectivity index is 1.81. The maximum atomic E-state index is 12.9. The summed E-state index contributed by atoms with van der Waals surface area (Å²) in [6.45, 7) is 0.434. The number of ether oxygens (including phenoxy) is 1. The van der Waals surface area contributed by atoms with Gasteiger partial charge < -0.3 is 10.1 Å². The standard InChI is InChI=1S/C23H23ClN2O4S/c1-30-15-14-25-31(28,29)21-12-10-18(11-13-21)23(27)26-22(17-6-3-2-4-7-17)19-8-5-9-20(24)16-19/h2-13,16,22,25H,14-15H2,1H3,(H,26,27). The average molecular weight is 459 g/mol. The van der Waals surface area contributed by atoms with Crippen molar-refractivity contribution in [2.75, 3.05) is 20.3 Å². The smallest absolute Gasteiger partial charge is 0.252 e. The lowest BCUT2D eigenvalue weighted by Gasteiger charge is -2.20. The fourth-order valence-corrected chi connectivity index (χ4v) is 4.26. The van der Waals surface area contributed by atoms with E-state index in [-0.39, 0.29) is 24.0 Å². The van der Waals surface area contributed by atoms with E-state index < -0.39 is 16.1 Å². The van der Waals surface area contributed by atoms with Gasteiger partial charge in [0.15, 0.2) is 0 Å². The van der Waals surface area contributed by atoms with Gasteiger partial charge >= 0.3 is 0 Å². The van der Waals surface area contributed by atoms with Gasteiger partial charge in [-0.25, -0.2) is 13.1 Å². The Bertz CT molecular complexity index is 1120. The highest BCUT2D eigenvalue weighted by Gasteiger charge is 2.19. The highest BCUT2D eigenvalue weighted by atomic mass is 35.5. The van der Waals surface area contributed by atoms with Crippen LogP contribution in [0.2, 0.25) is 5.02 Å². The van der Waals surface area contributed by atoms with Crippen LogP contribution in [0.3, 0.4) is 0 Å². The zero-order chi connectivity index (χ0) is 22.3. The summed E-state index contributed by atoms with van der Waals surface area (Å²) in [6, 6.07) is 22.2. The van der Waals surface area contributed by atoms with Crippen LogP contribution in [0, 0.1) is 0 Å². The second-order valence-electron chi connectivity index (χ2n) is 6.79. The normalized spacial score (nSPS) is 12.3. The number of methoxy groups -OCH3 is 1. The van der Waals surface area contributed by atoms with Crippen molar-refractivity contribution in [2.24, 2.45) is 0 Å². The molecule has 3 aromatic carbocycles. The number of hydrogen-bond donors (Lipinski definition) is 2. The number of carbonyl (C=O) groups excluding carboxylic acids is 1. The first-order chi connectivity index (χ1) is 14.9. The van der Waals surface area contributed by atoms with E-state index in [9.17, 15) is 13.2 Å². The Hall–Kier alpha value is -2.71. The summed E-state index contributed by atoms with van der Waals surface area (Å²) in [5.41, 5.74) is 2.09. The second kappa shape index (κ2) is 10.5. The second-order valence-corrected chi connectivity index (χ2v) is 8.99. The zero-order valence-electron chi connectivity index (χ0n) is 16.9. The van der Waals surface area contributed by atoms with Crippen LogP contribution >= 0.6 is 11.6 Å². The molecule has 3 rings (SSSR count). The number of sulfonamides is 1. The fraction of sp³-hybridized carbons (Fsp3) is 0.174. The van der Waals surface area contributed by atoms with Gasteiger partial charge in [0.25, 0.3) is 5.91 Å². The Morgan fingerprint density at radius 3 is 2.29 bits per heavy atom. The average Bonchev–Trinajstić information content (AvgIpc) is 2.78. The molecule has 6 nitrogen and oxygen atoms in total. The van der Waals surface area contributed by atoms with E-state index >= 15 is 0 Å². The highest BCUT2D eigenvalue weighted by molar-refractivity contribution is 7.89. The van der Waals surface area contributed by atoms with E-state index in [1.54, 1.807) is 12.1 Å².